The average molecular weight is 401 g/mol. The molecule has 140 valence electrons. The van der Waals surface area contributed by atoms with Crippen LogP contribution in [0.1, 0.15) is 36.0 Å². The maximum absolute atomic E-state index is 12.6. The fourth-order valence-electron chi connectivity index (χ4n) is 2.91. The van der Waals surface area contributed by atoms with E-state index in [1.807, 2.05) is 4.90 Å². The van der Waals surface area contributed by atoms with Crippen LogP contribution in [-0.4, -0.2) is 46.5 Å². The molecule has 0 radical (unpaired) electrons. The Morgan fingerprint density at radius 1 is 1.27 bits per heavy atom. The quantitative estimate of drug-likeness (QED) is 0.716. The van der Waals surface area contributed by atoms with Crippen LogP contribution >= 0.6 is 11.6 Å². The molecule has 1 fully saturated rings. The van der Waals surface area contributed by atoms with Crippen molar-refractivity contribution >= 4 is 45.1 Å². The van der Waals surface area contributed by atoms with Gasteiger partial charge in [-0.25, -0.2) is 9.59 Å². The van der Waals surface area contributed by atoms with Crippen molar-refractivity contribution in [2.75, 3.05) is 25.2 Å². The van der Waals surface area contributed by atoms with Crippen LogP contribution in [0.4, 0.5) is 5.69 Å². The summed E-state index contributed by atoms with van der Waals surface area (Å²) in [7, 11) is -2.79. The Kier molecular flexibility index (Phi) is 5.19. The van der Waals surface area contributed by atoms with Gasteiger partial charge in [0.25, 0.3) is 10.0 Å². The van der Waals surface area contributed by atoms with E-state index in [9.17, 15) is 18.0 Å². The molecule has 0 atom stereocenters. The number of rotatable bonds is 3. The lowest BCUT2D eigenvalue weighted by molar-refractivity contribution is -0.144. The lowest BCUT2D eigenvalue weighted by Gasteiger charge is -2.30. The first kappa shape index (κ1) is 18.7. The van der Waals surface area contributed by atoms with Crippen LogP contribution in [0.15, 0.2) is 21.4 Å². The summed E-state index contributed by atoms with van der Waals surface area (Å²) in [6.45, 7) is 0.0355. The molecule has 2 aliphatic heterocycles. The van der Waals surface area contributed by atoms with Gasteiger partial charge in [-0.2, -0.15) is 8.42 Å². The predicted molar refractivity (Wildman–Crippen MR) is 94.2 cm³/mol. The number of sulfonamides is 1. The van der Waals surface area contributed by atoms with Gasteiger partial charge >= 0.3 is 11.9 Å². The number of hydrogen-bond acceptors (Lipinski definition) is 7. The number of ether oxygens (including phenoxy) is 2. The largest absolute Gasteiger partial charge is 0.466 e. The van der Waals surface area contributed by atoms with Gasteiger partial charge in [0, 0.05) is 13.0 Å². The molecule has 0 amide bonds. The van der Waals surface area contributed by atoms with E-state index < -0.39 is 28.6 Å². The van der Waals surface area contributed by atoms with E-state index in [-0.39, 0.29) is 15.5 Å². The highest BCUT2D eigenvalue weighted by molar-refractivity contribution is 7.90. The first-order chi connectivity index (χ1) is 12.3. The van der Waals surface area contributed by atoms with E-state index in [0.717, 1.165) is 32.4 Å². The number of hydrogen-bond donors (Lipinski definition) is 0. The number of halogens is 1. The van der Waals surface area contributed by atoms with Crippen molar-refractivity contribution in [3.05, 3.63) is 22.7 Å². The summed E-state index contributed by atoms with van der Waals surface area (Å²) in [5.41, 5.74) is 0.262. The van der Waals surface area contributed by atoms with E-state index in [1.165, 1.54) is 6.07 Å². The van der Waals surface area contributed by atoms with Crippen LogP contribution in [-0.2, 0) is 24.3 Å². The first-order valence-electron chi connectivity index (χ1n) is 8.02. The minimum Gasteiger partial charge on any atom is -0.466 e. The monoisotopic (exact) mass is 400 g/mol. The highest BCUT2D eigenvalue weighted by Crippen LogP contribution is 2.38. The molecule has 2 heterocycles. The second kappa shape index (κ2) is 7.24. The van der Waals surface area contributed by atoms with Crippen molar-refractivity contribution in [1.29, 1.82) is 0 Å². The van der Waals surface area contributed by atoms with Gasteiger partial charge in [-0.15, -0.1) is 4.40 Å². The topological polar surface area (TPSA) is 102 Å². The number of esters is 2. The summed E-state index contributed by atoms with van der Waals surface area (Å²) >= 11 is 6.19. The summed E-state index contributed by atoms with van der Waals surface area (Å²) in [5, 5.41) is 0.0410. The number of fused-ring (bicyclic) bond motifs is 3. The van der Waals surface area contributed by atoms with E-state index >= 15 is 0 Å². The van der Waals surface area contributed by atoms with Gasteiger partial charge in [-0.05, 0) is 25.0 Å². The summed E-state index contributed by atoms with van der Waals surface area (Å²) in [6, 6.07) is 2.58. The van der Waals surface area contributed by atoms with Crippen molar-refractivity contribution in [2.24, 2.45) is 4.40 Å². The molecule has 0 saturated carbocycles. The molecular formula is C16H17ClN2O6S. The van der Waals surface area contributed by atoms with Crippen molar-refractivity contribution in [3.63, 3.8) is 0 Å². The SMILES string of the molecule is COC(=O)COC(=O)c1cc2c(cc1Cl)N1CCCCCC1=NS2(=O)=O. The minimum absolute atomic E-state index is 0.0410. The molecule has 0 aromatic heterocycles. The van der Waals surface area contributed by atoms with Gasteiger partial charge in [0.15, 0.2) is 6.61 Å². The third kappa shape index (κ3) is 3.54. The van der Waals surface area contributed by atoms with Gasteiger partial charge in [0.2, 0.25) is 0 Å². The average Bonchev–Trinajstić information content (AvgIpc) is 2.83. The Bertz CT molecular complexity index is 896. The number of benzene rings is 1. The molecule has 3 rings (SSSR count). The van der Waals surface area contributed by atoms with Crippen LogP contribution < -0.4 is 4.90 Å². The van der Waals surface area contributed by atoms with E-state index in [0.29, 0.717) is 24.5 Å². The minimum atomic E-state index is -3.95. The lowest BCUT2D eigenvalue weighted by Crippen LogP contribution is -2.35. The zero-order valence-corrected chi connectivity index (χ0v) is 15.6. The van der Waals surface area contributed by atoms with Gasteiger partial charge in [0.05, 0.1) is 23.4 Å². The molecule has 0 N–H and O–H groups in total. The number of nitrogens with zero attached hydrogens (tertiary/aromatic N) is 2. The summed E-state index contributed by atoms with van der Waals surface area (Å²) in [6.07, 6.45) is 3.32. The third-order valence-corrected chi connectivity index (χ3v) is 5.85. The van der Waals surface area contributed by atoms with E-state index in [4.69, 9.17) is 16.3 Å². The molecule has 2 aliphatic rings. The molecule has 1 aromatic rings. The molecule has 0 aliphatic carbocycles. The standard InChI is InChI=1S/C16H17ClN2O6S/c1-24-15(20)9-25-16(21)10-7-13-12(8-11(10)17)19-6-4-2-3-5-14(19)18-26(13,22)23/h7-8H,2-6,9H2,1H3. The summed E-state index contributed by atoms with van der Waals surface area (Å²) in [4.78, 5) is 25.0. The normalized spacial score (nSPS) is 18.1. The van der Waals surface area contributed by atoms with Gasteiger partial charge in [-0.1, -0.05) is 18.0 Å². The van der Waals surface area contributed by atoms with Gasteiger partial charge < -0.3 is 14.4 Å². The van der Waals surface area contributed by atoms with Crippen LogP contribution in [0, 0.1) is 0 Å². The molecule has 1 aromatic carbocycles. The number of amidine groups is 1. The lowest BCUT2D eigenvalue weighted by atomic mass is 10.1. The Labute approximate surface area is 155 Å². The second-order valence-corrected chi connectivity index (χ2v) is 7.88. The maximum atomic E-state index is 12.6. The molecule has 8 nitrogen and oxygen atoms in total. The van der Waals surface area contributed by atoms with Crippen LogP contribution in [0.25, 0.3) is 0 Å². The second-order valence-electron chi connectivity index (χ2n) is 5.90. The highest BCUT2D eigenvalue weighted by atomic mass is 35.5. The Hall–Kier alpha value is -2.13. The van der Waals surface area contributed by atoms with Crippen molar-refractivity contribution in [3.8, 4) is 0 Å². The first-order valence-corrected chi connectivity index (χ1v) is 9.84. The molecule has 0 bridgehead atoms. The third-order valence-electron chi connectivity index (χ3n) is 4.21. The van der Waals surface area contributed by atoms with Crippen molar-refractivity contribution in [2.45, 2.75) is 30.6 Å². The number of anilines is 1. The molecule has 26 heavy (non-hydrogen) atoms. The van der Waals surface area contributed by atoms with Crippen LogP contribution in [0.3, 0.4) is 0 Å². The molecule has 10 heteroatoms. The zero-order chi connectivity index (χ0) is 18.9. The Morgan fingerprint density at radius 3 is 2.77 bits per heavy atom. The fourth-order valence-corrected chi connectivity index (χ4v) is 4.42. The van der Waals surface area contributed by atoms with Crippen LogP contribution in [0.2, 0.25) is 5.02 Å². The van der Waals surface area contributed by atoms with Gasteiger partial charge in [0.1, 0.15) is 10.7 Å². The Morgan fingerprint density at radius 2 is 2.04 bits per heavy atom. The Balaban J connectivity index is 2.00. The van der Waals surface area contributed by atoms with Crippen LogP contribution in [0.5, 0.6) is 0 Å². The smallest absolute Gasteiger partial charge is 0.344 e. The molecular weight excluding hydrogens is 384 g/mol. The van der Waals surface area contributed by atoms with Crippen molar-refractivity contribution < 1.29 is 27.5 Å². The maximum Gasteiger partial charge on any atom is 0.344 e. The van der Waals surface area contributed by atoms with Gasteiger partial charge in [-0.3, -0.25) is 0 Å². The van der Waals surface area contributed by atoms with Crippen molar-refractivity contribution in [1.82, 2.24) is 0 Å². The number of methoxy groups -OCH3 is 1. The summed E-state index contributed by atoms with van der Waals surface area (Å²) in [5.74, 6) is -1.16. The van der Waals surface area contributed by atoms with E-state index in [1.54, 1.807) is 0 Å². The fraction of sp³-hybridized carbons (Fsp3) is 0.438. The molecule has 1 saturated heterocycles. The highest BCUT2D eigenvalue weighted by Gasteiger charge is 2.33. The number of carbonyl (C=O) groups excluding carboxylic acids is 2. The zero-order valence-electron chi connectivity index (χ0n) is 14.0. The summed E-state index contributed by atoms with van der Waals surface area (Å²) < 4.78 is 38.2. The predicted octanol–water partition coefficient (Wildman–Crippen LogP) is 2.15. The van der Waals surface area contributed by atoms with E-state index in [2.05, 4.69) is 9.13 Å². The number of carbonyl (C=O) groups is 2. The molecule has 0 spiro atoms. The molecule has 0 unspecified atom stereocenters.